The molecule has 2 aliphatic heterocycles. The van der Waals surface area contributed by atoms with Crippen molar-refractivity contribution in [2.75, 3.05) is 73.3 Å². The molecule has 0 radical (unpaired) electrons. The van der Waals surface area contributed by atoms with E-state index in [1.54, 1.807) is 14.2 Å². The summed E-state index contributed by atoms with van der Waals surface area (Å²) in [5.41, 5.74) is 12.8. The molecule has 6 nitrogen and oxygen atoms in total. The van der Waals surface area contributed by atoms with Crippen LogP contribution in [0.2, 0.25) is 0 Å². The normalized spacial score (nSPS) is 20.4. The molecule has 6 heteroatoms. The third kappa shape index (κ3) is 7.27. The number of fused-ring (bicyclic) bond motifs is 2. The Hall–Kier alpha value is -3.45. The molecule has 0 fully saturated rings. The van der Waals surface area contributed by atoms with Crippen molar-refractivity contribution < 1.29 is 23.3 Å². The molecular formula is C42H59N3O3+2. The van der Waals surface area contributed by atoms with Crippen LogP contribution in [0.4, 0.5) is 11.4 Å². The molecule has 2 aromatic carbocycles. The first kappa shape index (κ1) is 35.8. The fraction of sp³-hybridized carbons (Fsp3) is 0.500. The predicted molar refractivity (Wildman–Crippen MR) is 199 cm³/mol. The van der Waals surface area contributed by atoms with E-state index in [9.17, 15) is 0 Å². The van der Waals surface area contributed by atoms with Crippen LogP contribution < -0.4 is 4.90 Å². The Morgan fingerprint density at radius 3 is 2.21 bits per heavy atom. The molecule has 0 aromatic heterocycles. The van der Waals surface area contributed by atoms with Crippen molar-refractivity contribution >= 4 is 17.1 Å². The molecule has 0 unspecified atom stereocenters. The van der Waals surface area contributed by atoms with E-state index < -0.39 is 0 Å². The number of quaternary nitrogens is 1. The quantitative estimate of drug-likeness (QED) is 0.131. The van der Waals surface area contributed by atoms with Gasteiger partial charge in [0.15, 0.2) is 12.3 Å². The van der Waals surface area contributed by atoms with Crippen molar-refractivity contribution in [3.8, 4) is 0 Å². The van der Waals surface area contributed by atoms with E-state index in [4.69, 9.17) is 14.2 Å². The van der Waals surface area contributed by atoms with Crippen LogP contribution in [0, 0.1) is 13.8 Å². The average molecular weight is 654 g/mol. The van der Waals surface area contributed by atoms with Gasteiger partial charge in [0.1, 0.15) is 12.4 Å². The molecule has 2 aromatic rings. The van der Waals surface area contributed by atoms with Crippen molar-refractivity contribution in [2.24, 2.45) is 0 Å². The van der Waals surface area contributed by atoms with E-state index in [0.29, 0.717) is 19.9 Å². The van der Waals surface area contributed by atoms with Crippen molar-refractivity contribution in [2.45, 2.75) is 71.6 Å². The van der Waals surface area contributed by atoms with E-state index in [0.717, 1.165) is 42.6 Å². The predicted octanol–water partition coefficient (Wildman–Crippen LogP) is 8.26. The van der Waals surface area contributed by atoms with Crippen LogP contribution in [-0.4, -0.2) is 83.2 Å². The van der Waals surface area contributed by atoms with Crippen molar-refractivity contribution in [1.29, 1.82) is 0 Å². The number of benzene rings is 2. The zero-order valence-electron chi connectivity index (χ0n) is 31.5. The maximum Gasteiger partial charge on any atom is 0.223 e. The van der Waals surface area contributed by atoms with Crippen LogP contribution in [0.25, 0.3) is 0 Å². The Bertz CT molecular complexity index is 1680. The van der Waals surface area contributed by atoms with Crippen LogP contribution in [0.1, 0.15) is 69.2 Å². The summed E-state index contributed by atoms with van der Waals surface area (Å²) in [5, 5.41) is 0. The Labute approximate surface area is 290 Å². The summed E-state index contributed by atoms with van der Waals surface area (Å²) in [4.78, 5) is 2.45. The van der Waals surface area contributed by atoms with Gasteiger partial charge < -0.3 is 19.1 Å². The number of rotatable bonds is 12. The first-order valence-electron chi connectivity index (χ1n) is 17.6. The van der Waals surface area contributed by atoms with Crippen molar-refractivity contribution in [3.63, 3.8) is 0 Å². The minimum Gasteiger partial charge on any atom is -0.445 e. The summed E-state index contributed by atoms with van der Waals surface area (Å²) in [6.07, 6.45) is 12.4. The summed E-state index contributed by atoms with van der Waals surface area (Å²) in [6, 6.07) is 13.7. The van der Waals surface area contributed by atoms with Gasteiger partial charge >= 0.3 is 0 Å². The highest BCUT2D eigenvalue weighted by Crippen LogP contribution is 2.48. The van der Waals surface area contributed by atoms with Gasteiger partial charge in [0.05, 0.1) is 33.2 Å². The highest BCUT2D eigenvalue weighted by atomic mass is 16.5. The lowest BCUT2D eigenvalue weighted by molar-refractivity contribution is -0.889. The molecule has 0 N–H and O–H groups in total. The molecule has 0 saturated carbocycles. The fourth-order valence-electron chi connectivity index (χ4n) is 7.45. The largest absolute Gasteiger partial charge is 0.445 e. The molecule has 0 saturated heterocycles. The number of hydrogen-bond acceptors (Lipinski definition) is 4. The third-order valence-corrected chi connectivity index (χ3v) is 10.1. The van der Waals surface area contributed by atoms with Gasteiger partial charge in [-0.3, -0.25) is 4.48 Å². The molecule has 1 aliphatic carbocycles. The molecule has 0 bridgehead atoms. The second-order valence-corrected chi connectivity index (χ2v) is 15.8. The van der Waals surface area contributed by atoms with E-state index in [2.05, 4.69) is 133 Å². The second-order valence-electron chi connectivity index (χ2n) is 15.8. The number of anilines is 1. The standard InChI is InChI=1S/C42H59N3O3/c1-30-15-19-36-34(27-30)41(3,4)38(43(36)23-25-46-10)21-17-32-13-12-14-33(40(32)48-29-45(7,8)9)18-22-39-42(5,6)35-28-31(2)16-20-37(35)44(39)24-26-47-11/h15-22,27-28H,12-14,23-26,29H2,1-11H3/q+2. The first-order valence-corrected chi connectivity index (χ1v) is 17.6. The van der Waals surface area contributed by atoms with E-state index >= 15 is 0 Å². The van der Waals surface area contributed by atoms with Gasteiger partial charge in [-0.2, -0.15) is 4.58 Å². The molecule has 5 rings (SSSR count). The Balaban J connectivity index is 1.59. The van der Waals surface area contributed by atoms with Gasteiger partial charge in [-0.05, 0) is 88.0 Å². The summed E-state index contributed by atoms with van der Waals surface area (Å²) in [5.74, 6) is 1.03. The van der Waals surface area contributed by atoms with Crippen LogP contribution >= 0.6 is 0 Å². The molecule has 48 heavy (non-hydrogen) atoms. The Morgan fingerprint density at radius 2 is 1.52 bits per heavy atom. The zero-order chi connectivity index (χ0) is 34.9. The van der Waals surface area contributed by atoms with Gasteiger partial charge in [-0.25, -0.2) is 0 Å². The zero-order valence-corrected chi connectivity index (χ0v) is 31.5. The lowest BCUT2D eigenvalue weighted by atomic mass is 9.80. The SMILES string of the molecule is COCCN1/C(=C/C=C2\CCCC(/C=C/C3=[N+](CCOC)c4ccc(C)cc4C3(C)C)=C2OC[N+](C)(C)C)C(C)(C)c2cc(C)ccc21. The third-order valence-electron chi connectivity index (χ3n) is 10.1. The smallest absolute Gasteiger partial charge is 0.223 e. The lowest BCUT2D eigenvalue weighted by Gasteiger charge is -2.29. The number of methoxy groups -OCH3 is 2. The number of ether oxygens (including phenoxy) is 3. The van der Waals surface area contributed by atoms with Crippen LogP contribution in [0.15, 0.2) is 83.3 Å². The lowest BCUT2D eigenvalue weighted by Crippen LogP contribution is -2.36. The summed E-state index contributed by atoms with van der Waals surface area (Å²) >= 11 is 0. The summed E-state index contributed by atoms with van der Waals surface area (Å²) in [6.45, 7) is 17.3. The van der Waals surface area contributed by atoms with Crippen molar-refractivity contribution in [3.05, 3.63) is 106 Å². The van der Waals surface area contributed by atoms with E-state index in [1.807, 2.05) is 0 Å². The maximum atomic E-state index is 6.77. The van der Waals surface area contributed by atoms with Crippen LogP contribution in [0.5, 0.6) is 0 Å². The topological polar surface area (TPSA) is 33.9 Å². The van der Waals surface area contributed by atoms with Gasteiger partial charge in [0.2, 0.25) is 12.4 Å². The van der Waals surface area contributed by atoms with Crippen LogP contribution in [-0.2, 0) is 25.0 Å². The molecule has 2 heterocycles. The minimum atomic E-state index is -0.125. The van der Waals surface area contributed by atoms with E-state index in [-0.39, 0.29) is 10.8 Å². The number of hydrogen-bond donors (Lipinski definition) is 0. The molecule has 258 valence electrons. The minimum absolute atomic E-state index is 0.125. The highest BCUT2D eigenvalue weighted by molar-refractivity contribution is 6.03. The van der Waals surface area contributed by atoms with Gasteiger partial charge in [0.25, 0.3) is 0 Å². The van der Waals surface area contributed by atoms with Crippen LogP contribution in [0.3, 0.4) is 0 Å². The Kier molecular flexibility index (Phi) is 10.6. The molecular weight excluding hydrogens is 594 g/mol. The highest BCUT2D eigenvalue weighted by Gasteiger charge is 2.44. The molecule has 0 spiro atoms. The first-order chi connectivity index (χ1) is 22.7. The Morgan fingerprint density at radius 1 is 0.833 bits per heavy atom. The molecule has 0 atom stereocenters. The molecule has 0 amide bonds. The number of nitrogens with zero attached hydrogens (tertiary/aromatic N) is 3. The summed E-state index contributed by atoms with van der Waals surface area (Å²) in [7, 11) is 10.1. The van der Waals surface area contributed by atoms with Gasteiger partial charge in [-0.1, -0.05) is 49.2 Å². The van der Waals surface area contributed by atoms with Crippen molar-refractivity contribution in [1.82, 2.24) is 0 Å². The molecule has 3 aliphatic rings. The number of allylic oxidation sites excluding steroid dienone is 7. The fourth-order valence-corrected chi connectivity index (χ4v) is 7.45. The summed E-state index contributed by atoms with van der Waals surface area (Å²) < 4.78 is 21.1. The average Bonchev–Trinajstić information content (AvgIpc) is 3.36. The van der Waals surface area contributed by atoms with E-state index in [1.165, 1.54) is 56.2 Å². The number of aryl methyl sites for hydroxylation is 2. The van der Waals surface area contributed by atoms with Gasteiger partial charge in [-0.15, -0.1) is 0 Å². The second kappa shape index (κ2) is 14.2. The van der Waals surface area contributed by atoms with Gasteiger partial charge in [0, 0.05) is 55.3 Å². The monoisotopic (exact) mass is 653 g/mol. The maximum absolute atomic E-state index is 6.77.